The van der Waals surface area contributed by atoms with Crippen LogP contribution >= 0.6 is 38.9 Å². The lowest BCUT2D eigenvalue weighted by atomic mass is 10.1. The third kappa shape index (κ3) is 2.61. The van der Waals surface area contributed by atoms with Gasteiger partial charge in [-0.1, -0.05) is 60.1 Å². The highest BCUT2D eigenvalue weighted by atomic mass is 79.9. The first-order valence-corrected chi connectivity index (χ1v) is 9.20. The summed E-state index contributed by atoms with van der Waals surface area (Å²) in [4.78, 5) is 13.0. The maximum atomic E-state index is 12.6. The fourth-order valence-corrected chi connectivity index (χ4v) is 4.54. The monoisotopic (exact) mass is 416 g/mol. The van der Waals surface area contributed by atoms with Gasteiger partial charge < -0.3 is 4.74 Å². The van der Waals surface area contributed by atoms with Crippen molar-refractivity contribution in [3.05, 3.63) is 75.0 Å². The first-order valence-electron chi connectivity index (χ1n) is 7.21. The molecular formula is C19H10BrClO2S. The summed E-state index contributed by atoms with van der Waals surface area (Å²) in [5.74, 6) is 0.0319. The van der Waals surface area contributed by atoms with E-state index in [2.05, 4.69) is 15.9 Å². The van der Waals surface area contributed by atoms with Crippen molar-refractivity contribution in [2.24, 2.45) is 0 Å². The quantitative estimate of drug-likeness (QED) is 0.268. The summed E-state index contributed by atoms with van der Waals surface area (Å²) < 4.78 is 7.31. The highest BCUT2D eigenvalue weighted by molar-refractivity contribution is 9.10. The SMILES string of the molecule is O=C(Oc1ccc2ccccc2c1Br)c1sc2ccccc2c1Cl. The summed E-state index contributed by atoms with van der Waals surface area (Å²) in [6, 6.07) is 19.3. The minimum absolute atomic E-state index is 0.415. The number of esters is 1. The average Bonchev–Trinajstić information content (AvgIpc) is 2.95. The Balaban J connectivity index is 1.73. The Bertz CT molecular complexity index is 1090. The van der Waals surface area contributed by atoms with Gasteiger partial charge in [-0.05, 0) is 38.8 Å². The number of fused-ring (bicyclic) bond motifs is 2. The van der Waals surface area contributed by atoms with Crippen LogP contribution in [0.3, 0.4) is 0 Å². The van der Waals surface area contributed by atoms with Crippen LogP contribution in [-0.2, 0) is 0 Å². The third-order valence-corrected chi connectivity index (χ3v) is 6.22. The van der Waals surface area contributed by atoms with Gasteiger partial charge in [0.1, 0.15) is 10.6 Å². The molecule has 0 spiro atoms. The molecular weight excluding hydrogens is 408 g/mol. The van der Waals surface area contributed by atoms with Crippen LogP contribution in [0, 0.1) is 0 Å². The van der Waals surface area contributed by atoms with Gasteiger partial charge in [0.15, 0.2) is 0 Å². The first-order chi connectivity index (χ1) is 11.6. The highest BCUT2D eigenvalue weighted by Crippen LogP contribution is 2.37. The molecule has 2 nitrogen and oxygen atoms in total. The van der Waals surface area contributed by atoms with E-state index in [1.165, 1.54) is 11.3 Å². The Kier molecular flexibility index (Phi) is 4.04. The van der Waals surface area contributed by atoms with E-state index >= 15 is 0 Å². The van der Waals surface area contributed by atoms with Crippen molar-refractivity contribution in [3.8, 4) is 5.75 Å². The molecule has 0 atom stereocenters. The minimum atomic E-state index is -0.447. The van der Waals surface area contributed by atoms with Crippen molar-refractivity contribution in [1.82, 2.24) is 0 Å². The van der Waals surface area contributed by atoms with E-state index in [4.69, 9.17) is 16.3 Å². The van der Waals surface area contributed by atoms with Gasteiger partial charge in [0, 0.05) is 10.1 Å². The van der Waals surface area contributed by atoms with Gasteiger partial charge >= 0.3 is 5.97 Å². The maximum Gasteiger partial charge on any atom is 0.355 e. The van der Waals surface area contributed by atoms with Gasteiger partial charge in [0.25, 0.3) is 0 Å². The molecule has 0 radical (unpaired) electrons. The van der Waals surface area contributed by atoms with Crippen LogP contribution < -0.4 is 4.74 Å². The number of ether oxygens (including phenoxy) is 1. The number of halogens is 2. The lowest BCUT2D eigenvalue weighted by Gasteiger charge is -2.08. The number of hydrogen-bond acceptors (Lipinski definition) is 3. The molecule has 5 heteroatoms. The number of benzene rings is 3. The van der Waals surface area contributed by atoms with Crippen LogP contribution in [0.4, 0.5) is 0 Å². The molecule has 0 aliphatic heterocycles. The number of carbonyl (C=O) groups is 1. The number of thiophene rings is 1. The van der Waals surface area contributed by atoms with E-state index < -0.39 is 5.97 Å². The summed E-state index contributed by atoms with van der Waals surface area (Å²) in [6.45, 7) is 0. The topological polar surface area (TPSA) is 26.3 Å². The maximum absolute atomic E-state index is 12.6. The molecule has 3 aromatic carbocycles. The molecule has 24 heavy (non-hydrogen) atoms. The molecule has 0 bridgehead atoms. The van der Waals surface area contributed by atoms with E-state index in [0.717, 1.165) is 25.3 Å². The molecule has 4 aromatic rings. The largest absolute Gasteiger partial charge is 0.421 e. The second-order valence-corrected chi connectivity index (χ2v) is 7.45. The average molecular weight is 418 g/mol. The first kappa shape index (κ1) is 15.6. The van der Waals surface area contributed by atoms with Gasteiger partial charge in [0.05, 0.1) is 9.50 Å². The molecule has 4 rings (SSSR count). The number of rotatable bonds is 2. The van der Waals surface area contributed by atoms with Crippen LogP contribution in [0.25, 0.3) is 20.9 Å². The molecule has 0 unspecified atom stereocenters. The summed E-state index contributed by atoms with van der Waals surface area (Å²) in [7, 11) is 0. The zero-order valence-electron chi connectivity index (χ0n) is 12.3. The van der Waals surface area contributed by atoms with Crippen molar-refractivity contribution >= 4 is 65.7 Å². The predicted octanol–water partition coefficient (Wildman–Crippen LogP) is 6.69. The van der Waals surface area contributed by atoms with Crippen LogP contribution in [0.15, 0.2) is 65.1 Å². The molecule has 0 N–H and O–H groups in total. The smallest absolute Gasteiger partial charge is 0.355 e. The Morgan fingerprint density at radius 3 is 2.46 bits per heavy atom. The van der Waals surface area contributed by atoms with Crippen molar-refractivity contribution in [3.63, 3.8) is 0 Å². The van der Waals surface area contributed by atoms with Gasteiger partial charge in [-0.2, -0.15) is 0 Å². The molecule has 0 saturated carbocycles. The summed E-state index contributed by atoms with van der Waals surface area (Å²) >= 11 is 11.2. The fourth-order valence-electron chi connectivity index (χ4n) is 2.58. The van der Waals surface area contributed by atoms with Crippen molar-refractivity contribution in [2.75, 3.05) is 0 Å². The number of carbonyl (C=O) groups excluding carboxylic acids is 1. The van der Waals surface area contributed by atoms with E-state index in [1.54, 1.807) is 6.07 Å². The van der Waals surface area contributed by atoms with Crippen molar-refractivity contribution in [2.45, 2.75) is 0 Å². The molecule has 1 heterocycles. The summed E-state index contributed by atoms with van der Waals surface area (Å²) in [5.41, 5.74) is 0. The second kappa shape index (κ2) is 6.20. The predicted molar refractivity (Wildman–Crippen MR) is 103 cm³/mol. The highest BCUT2D eigenvalue weighted by Gasteiger charge is 2.20. The molecule has 0 fully saturated rings. The molecule has 0 aliphatic rings. The van der Waals surface area contributed by atoms with Gasteiger partial charge in [-0.25, -0.2) is 4.79 Å². The zero-order valence-corrected chi connectivity index (χ0v) is 15.4. The van der Waals surface area contributed by atoms with E-state index in [1.807, 2.05) is 54.6 Å². The summed E-state index contributed by atoms with van der Waals surface area (Å²) in [5, 5.41) is 3.38. The molecule has 0 saturated heterocycles. The van der Waals surface area contributed by atoms with E-state index in [0.29, 0.717) is 15.6 Å². The lowest BCUT2D eigenvalue weighted by molar-refractivity contribution is 0.0739. The zero-order chi connectivity index (χ0) is 16.7. The Morgan fingerprint density at radius 1 is 0.958 bits per heavy atom. The van der Waals surface area contributed by atoms with E-state index in [-0.39, 0.29) is 0 Å². The van der Waals surface area contributed by atoms with Crippen LogP contribution in [0.1, 0.15) is 9.67 Å². The third-order valence-electron chi connectivity index (χ3n) is 3.75. The second-order valence-electron chi connectivity index (χ2n) is 5.23. The number of hydrogen-bond donors (Lipinski definition) is 0. The lowest BCUT2D eigenvalue weighted by Crippen LogP contribution is -2.07. The minimum Gasteiger partial charge on any atom is -0.421 e. The molecule has 0 amide bonds. The van der Waals surface area contributed by atoms with Crippen molar-refractivity contribution < 1.29 is 9.53 Å². The van der Waals surface area contributed by atoms with E-state index in [9.17, 15) is 4.79 Å². The van der Waals surface area contributed by atoms with Gasteiger partial charge in [0.2, 0.25) is 0 Å². The summed E-state index contributed by atoms with van der Waals surface area (Å²) in [6.07, 6.45) is 0. The van der Waals surface area contributed by atoms with Crippen LogP contribution in [-0.4, -0.2) is 5.97 Å². The normalized spacial score (nSPS) is 11.1. The van der Waals surface area contributed by atoms with Gasteiger partial charge in [-0.15, -0.1) is 11.3 Å². The van der Waals surface area contributed by atoms with Gasteiger partial charge in [-0.3, -0.25) is 0 Å². The Hall–Kier alpha value is -1.88. The van der Waals surface area contributed by atoms with Crippen molar-refractivity contribution in [1.29, 1.82) is 0 Å². The fraction of sp³-hybridized carbons (Fsp3) is 0. The van der Waals surface area contributed by atoms with Crippen LogP contribution in [0.5, 0.6) is 5.75 Å². The Morgan fingerprint density at radius 2 is 1.67 bits per heavy atom. The standard InChI is InChI=1S/C19H10BrClO2S/c20-16-12-6-2-1-5-11(12)9-10-14(16)23-19(22)18-17(21)13-7-3-4-8-15(13)24-18/h1-10H. The molecule has 0 aliphatic carbocycles. The molecule has 118 valence electrons. The molecule has 1 aromatic heterocycles. The van der Waals surface area contributed by atoms with Crippen LogP contribution in [0.2, 0.25) is 5.02 Å². The Labute approximate surface area is 155 Å².